The van der Waals surface area contributed by atoms with E-state index >= 15 is 0 Å². The third-order valence-electron chi connectivity index (χ3n) is 3.49. The lowest BCUT2D eigenvalue weighted by Crippen LogP contribution is -2.03. The molecule has 2 heteroatoms. The van der Waals surface area contributed by atoms with Crippen LogP contribution in [-0.2, 0) is 11.0 Å². The average molecular weight is 266 g/mol. The van der Waals surface area contributed by atoms with Gasteiger partial charge in [0.25, 0.3) is 0 Å². The molecule has 18 heavy (non-hydrogen) atoms. The molecular weight excluding hydrogens is 239 g/mol. The normalized spacial score (nSPS) is 11.7. The fourth-order valence-electron chi connectivity index (χ4n) is 2.21. The summed E-state index contributed by atoms with van der Waals surface area (Å²) >= 11 is 0. The second-order valence-corrected chi connectivity index (χ2v) is 8.63. The molecule has 0 aliphatic heterocycles. The van der Waals surface area contributed by atoms with Crippen molar-refractivity contribution in [2.45, 2.75) is 46.0 Å². The third-order valence-corrected chi connectivity index (χ3v) is 6.79. The molecule has 1 aromatic rings. The average Bonchev–Trinajstić information content (AvgIpc) is 2.42. The first-order valence-corrected chi connectivity index (χ1v) is 9.57. The maximum Gasteiger partial charge on any atom is 0.0880 e. The minimum atomic E-state index is -1.92. The van der Waals surface area contributed by atoms with Gasteiger partial charge in [0, 0.05) is 18.5 Å². The van der Waals surface area contributed by atoms with E-state index in [-0.39, 0.29) is 0 Å². The van der Waals surface area contributed by atoms with Gasteiger partial charge < -0.3 is 4.57 Å². The van der Waals surface area contributed by atoms with E-state index in [1.807, 2.05) is 6.07 Å². The highest BCUT2D eigenvalue weighted by Crippen LogP contribution is 2.47. The molecule has 0 saturated heterocycles. The van der Waals surface area contributed by atoms with Gasteiger partial charge in [-0.25, -0.2) is 0 Å². The minimum Gasteiger partial charge on any atom is -0.324 e. The fraction of sp³-hybridized carbons (Fsp3) is 0.625. The zero-order chi connectivity index (χ0) is 13.3. The summed E-state index contributed by atoms with van der Waals surface area (Å²) < 4.78 is 12.9. The van der Waals surface area contributed by atoms with E-state index in [2.05, 4.69) is 38.1 Å². The Morgan fingerprint density at radius 2 is 1.44 bits per heavy atom. The van der Waals surface area contributed by atoms with E-state index in [0.717, 1.165) is 50.6 Å². The van der Waals surface area contributed by atoms with Crippen molar-refractivity contribution in [2.75, 3.05) is 18.5 Å². The van der Waals surface area contributed by atoms with Crippen LogP contribution in [0.1, 0.15) is 45.1 Å². The third kappa shape index (κ3) is 5.87. The molecule has 102 valence electrons. The topological polar surface area (TPSA) is 17.1 Å². The lowest BCUT2D eigenvalue weighted by atomic mass is 10.2. The van der Waals surface area contributed by atoms with Gasteiger partial charge in [-0.2, -0.15) is 0 Å². The van der Waals surface area contributed by atoms with Crippen molar-refractivity contribution in [2.24, 2.45) is 0 Å². The summed E-state index contributed by atoms with van der Waals surface area (Å²) in [5.74, 6) is 0. The Bertz CT molecular complexity index is 347. The summed E-state index contributed by atoms with van der Waals surface area (Å²) in [5.41, 5.74) is 1.32. The molecule has 0 atom stereocenters. The highest BCUT2D eigenvalue weighted by Gasteiger charge is 2.20. The molecule has 0 bridgehead atoms. The second-order valence-electron chi connectivity index (χ2n) is 5.17. The van der Waals surface area contributed by atoms with Crippen molar-refractivity contribution in [1.29, 1.82) is 0 Å². The van der Waals surface area contributed by atoms with Crippen molar-refractivity contribution < 1.29 is 4.57 Å². The zero-order valence-electron chi connectivity index (χ0n) is 11.9. The van der Waals surface area contributed by atoms with E-state index in [1.165, 1.54) is 5.56 Å². The van der Waals surface area contributed by atoms with Crippen LogP contribution in [0.15, 0.2) is 30.3 Å². The number of aryl methyl sites for hydroxylation is 1. The number of rotatable bonds is 9. The molecule has 0 unspecified atom stereocenters. The summed E-state index contributed by atoms with van der Waals surface area (Å²) in [6.07, 6.45) is 8.34. The molecule has 0 saturated carbocycles. The molecule has 1 nitrogen and oxygen atoms in total. The van der Waals surface area contributed by atoms with E-state index in [0.29, 0.717) is 0 Å². The molecule has 0 aromatic heterocycles. The Morgan fingerprint density at radius 1 is 0.889 bits per heavy atom. The predicted molar refractivity (Wildman–Crippen MR) is 82.2 cm³/mol. The molecule has 0 N–H and O–H groups in total. The minimum absolute atomic E-state index is 0.900. The summed E-state index contributed by atoms with van der Waals surface area (Å²) in [4.78, 5) is 0. The summed E-state index contributed by atoms with van der Waals surface area (Å²) in [6, 6.07) is 10.5. The smallest absolute Gasteiger partial charge is 0.0880 e. The van der Waals surface area contributed by atoms with Gasteiger partial charge in [0.2, 0.25) is 0 Å². The maximum absolute atomic E-state index is 12.9. The lowest BCUT2D eigenvalue weighted by molar-refractivity contribution is 0.569. The Kier molecular flexibility index (Phi) is 7.35. The SMILES string of the molecule is CCCCP(=O)(CCCC)CCc1ccccc1. The lowest BCUT2D eigenvalue weighted by Gasteiger charge is -2.18. The van der Waals surface area contributed by atoms with Crippen LogP contribution in [0.5, 0.6) is 0 Å². The van der Waals surface area contributed by atoms with Gasteiger partial charge in [-0.1, -0.05) is 57.0 Å². The van der Waals surface area contributed by atoms with E-state index in [4.69, 9.17) is 0 Å². The molecule has 0 fully saturated rings. The van der Waals surface area contributed by atoms with Gasteiger partial charge in [0.05, 0.1) is 7.14 Å². The Balaban J connectivity index is 2.52. The van der Waals surface area contributed by atoms with Crippen LogP contribution >= 0.6 is 7.14 Å². The summed E-state index contributed by atoms with van der Waals surface area (Å²) in [7, 11) is -1.92. The highest BCUT2D eigenvalue weighted by atomic mass is 31.2. The van der Waals surface area contributed by atoms with Crippen LogP contribution in [0.4, 0.5) is 0 Å². The first kappa shape index (κ1) is 15.5. The van der Waals surface area contributed by atoms with Crippen molar-refractivity contribution >= 4 is 7.14 Å². The molecule has 0 heterocycles. The largest absolute Gasteiger partial charge is 0.324 e. The van der Waals surface area contributed by atoms with Crippen molar-refractivity contribution in [3.63, 3.8) is 0 Å². The number of benzene rings is 1. The van der Waals surface area contributed by atoms with Crippen LogP contribution in [0.3, 0.4) is 0 Å². The maximum atomic E-state index is 12.9. The van der Waals surface area contributed by atoms with Gasteiger partial charge in [-0.15, -0.1) is 0 Å². The molecule has 0 amide bonds. The van der Waals surface area contributed by atoms with Crippen molar-refractivity contribution in [3.8, 4) is 0 Å². The Hall–Kier alpha value is -0.550. The van der Waals surface area contributed by atoms with Gasteiger partial charge in [0.1, 0.15) is 0 Å². The monoisotopic (exact) mass is 266 g/mol. The Morgan fingerprint density at radius 3 is 1.94 bits per heavy atom. The number of hydrogen-bond acceptors (Lipinski definition) is 1. The van der Waals surface area contributed by atoms with Gasteiger partial charge in [0.15, 0.2) is 0 Å². The molecule has 1 aromatic carbocycles. The van der Waals surface area contributed by atoms with E-state index < -0.39 is 7.14 Å². The van der Waals surface area contributed by atoms with Crippen LogP contribution in [0, 0.1) is 0 Å². The van der Waals surface area contributed by atoms with E-state index in [1.54, 1.807) is 0 Å². The Labute approximate surface area is 112 Å². The molecular formula is C16H27OP. The molecule has 0 aliphatic rings. The van der Waals surface area contributed by atoms with Gasteiger partial charge in [-0.05, 0) is 24.8 Å². The van der Waals surface area contributed by atoms with Crippen LogP contribution in [0.2, 0.25) is 0 Å². The molecule has 0 aliphatic carbocycles. The van der Waals surface area contributed by atoms with E-state index in [9.17, 15) is 4.57 Å². The van der Waals surface area contributed by atoms with Gasteiger partial charge >= 0.3 is 0 Å². The zero-order valence-corrected chi connectivity index (χ0v) is 12.8. The summed E-state index contributed by atoms with van der Waals surface area (Å²) in [5, 5.41) is 0. The molecule has 0 spiro atoms. The summed E-state index contributed by atoms with van der Waals surface area (Å²) in [6.45, 7) is 4.36. The van der Waals surface area contributed by atoms with Crippen molar-refractivity contribution in [1.82, 2.24) is 0 Å². The van der Waals surface area contributed by atoms with Crippen LogP contribution < -0.4 is 0 Å². The first-order chi connectivity index (χ1) is 8.70. The first-order valence-electron chi connectivity index (χ1n) is 7.31. The standard InChI is InChI=1S/C16H27OP/c1-3-5-13-18(17,14-6-4-2)15-12-16-10-8-7-9-11-16/h7-11H,3-6,12-15H2,1-2H3. The van der Waals surface area contributed by atoms with Crippen LogP contribution in [-0.4, -0.2) is 18.5 Å². The highest BCUT2D eigenvalue weighted by molar-refractivity contribution is 7.63. The number of hydrogen-bond donors (Lipinski definition) is 0. The van der Waals surface area contributed by atoms with Crippen LogP contribution in [0.25, 0.3) is 0 Å². The molecule has 1 rings (SSSR count). The fourth-order valence-corrected chi connectivity index (χ4v) is 5.33. The second kappa shape index (κ2) is 8.53. The van der Waals surface area contributed by atoms with Gasteiger partial charge in [-0.3, -0.25) is 0 Å². The predicted octanol–water partition coefficient (Wildman–Crippen LogP) is 5.19. The number of unbranched alkanes of at least 4 members (excludes halogenated alkanes) is 2. The van der Waals surface area contributed by atoms with Crippen molar-refractivity contribution in [3.05, 3.63) is 35.9 Å². The quantitative estimate of drug-likeness (QED) is 0.562. The molecule has 0 radical (unpaired) electrons.